The number of carbonyl (C=O) groups excluding carboxylic acids is 1. The smallest absolute Gasteiger partial charge is 0.319 e. The number of nitrogens with zero attached hydrogens (tertiary/aromatic N) is 2. The largest absolute Gasteiger partial charge is 0.326 e. The number of hydrogen-bond acceptors (Lipinski definition) is 2. The summed E-state index contributed by atoms with van der Waals surface area (Å²) >= 11 is 0. The van der Waals surface area contributed by atoms with Gasteiger partial charge in [-0.25, -0.2) is 4.79 Å². The molecule has 0 spiro atoms. The van der Waals surface area contributed by atoms with Gasteiger partial charge in [0.15, 0.2) is 0 Å². The van der Waals surface area contributed by atoms with Crippen LogP contribution in [0.4, 0.5) is 4.79 Å². The lowest BCUT2D eigenvalue weighted by molar-refractivity contribution is 0.197. The predicted molar refractivity (Wildman–Crippen MR) is 43.2 cm³/mol. The molecule has 0 bridgehead atoms. The molecule has 0 radical (unpaired) electrons. The highest BCUT2D eigenvalue weighted by Crippen LogP contribution is 2.05. The van der Waals surface area contributed by atoms with Crippen molar-refractivity contribution in [3.8, 4) is 0 Å². The first-order chi connectivity index (χ1) is 5.11. The Morgan fingerprint density at radius 1 is 1.64 bits per heavy atom. The van der Waals surface area contributed by atoms with E-state index in [0.717, 1.165) is 13.1 Å². The van der Waals surface area contributed by atoms with E-state index in [9.17, 15) is 4.79 Å². The number of likely N-dealkylation sites (N-methyl/N-ethyl adjacent to an activating group) is 1. The van der Waals surface area contributed by atoms with Gasteiger partial charge in [-0.1, -0.05) is 0 Å². The molecule has 0 aromatic heterocycles. The third-order valence-corrected chi connectivity index (χ3v) is 1.81. The summed E-state index contributed by atoms with van der Waals surface area (Å²) in [5.74, 6) is 0. The molecule has 4 heteroatoms. The van der Waals surface area contributed by atoms with E-state index in [1.165, 1.54) is 0 Å². The Morgan fingerprint density at radius 2 is 2.27 bits per heavy atom. The molecule has 4 nitrogen and oxygen atoms in total. The van der Waals surface area contributed by atoms with Gasteiger partial charge in [0.2, 0.25) is 0 Å². The molecular formula is C7H15N3O. The Balaban J connectivity index is 2.42. The second-order valence-corrected chi connectivity index (χ2v) is 3.13. The third kappa shape index (κ3) is 1.83. The Kier molecular flexibility index (Phi) is 2.34. The third-order valence-electron chi connectivity index (χ3n) is 1.81. The van der Waals surface area contributed by atoms with E-state index in [4.69, 9.17) is 5.73 Å². The van der Waals surface area contributed by atoms with Crippen molar-refractivity contribution in [1.82, 2.24) is 9.80 Å². The molecule has 1 heterocycles. The maximum absolute atomic E-state index is 11.2. The molecule has 1 fully saturated rings. The summed E-state index contributed by atoms with van der Waals surface area (Å²) in [4.78, 5) is 14.7. The van der Waals surface area contributed by atoms with Crippen molar-refractivity contribution in [2.24, 2.45) is 5.73 Å². The fourth-order valence-electron chi connectivity index (χ4n) is 1.22. The topological polar surface area (TPSA) is 49.6 Å². The highest BCUT2D eigenvalue weighted by molar-refractivity contribution is 5.76. The normalized spacial score (nSPS) is 21.2. The second-order valence-electron chi connectivity index (χ2n) is 3.13. The van der Waals surface area contributed by atoms with Crippen molar-refractivity contribution in [3.05, 3.63) is 0 Å². The highest BCUT2D eigenvalue weighted by Gasteiger charge is 2.25. The predicted octanol–water partition coefficient (Wildman–Crippen LogP) is -0.299. The Morgan fingerprint density at radius 3 is 2.64 bits per heavy atom. The Bertz CT molecular complexity index is 158. The number of amides is 2. The lowest BCUT2D eigenvalue weighted by atomic mass is 10.3. The molecule has 2 N–H and O–H groups in total. The van der Waals surface area contributed by atoms with Gasteiger partial charge >= 0.3 is 6.03 Å². The molecule has 11 heavy (non-hydrogen) atoms. The molecule has 0 aromatic carbocycles. The van der Waals surface area contributed by atoms with Crippen LogP contribution in [0.25, 0.3) is 0 Å². The lowest BCUT2D eigenvalue weighted by Crippen LogP contribution is -2.38. The van der Waals surface area contributed by atoms with Gasteiger partial charge in [0.1, 0.15) is 0 Å². The number of urea groups is 1. The molecule has 64 valence electrons. The van der Waals surface area contributed by atoms with Gasteiger partial charge in [0, 0.05) is 32.7 Å². The van der Waals surface area contributed by atoms with E-state index in [-0.39, 0.29) is 12.1 Å². The summed E-state index contributed by atoms with van der Waals surface area (Å²) in [6.07, 6.45) is 0. The van der Waals surface area contributed by atoms with Crippen LogP contribution in [-0.2, 0) is 0 Å². The fourth-order valence-corrected chi connectivity index (χ4v) is 1.22. The van der Waals surface area contributed by atoms with E-state index in [0.29, 0.717) is 6.54 Å². The minimum atomic E-state index is 0.0745. The minimum absolute atomic E-state index is 0.0745. The van der Waals surface area contributed by atoms with Crippen LogP contribution in [0.1, 0.15) is 6.92 Å². The average Bonchev–Trinajstić information content (AvgIpc) is 2.18. The molecule has 1 aliphatic heterocycles. The molecule has 0 aliphatic carbocycles. The molecule has 0 saturated carbocycles. The van der Waals surface area contributed by atoms with Crippen molar-refractivity contribution in [2.45, 2.75) is 13.0 Å². The van der Waals surface area contributed by atoms with Crippen LogP contribution in [0.15, 0.2) is 0 Å². The van der Waals surface area contributed by atoms with E-state index in [2.05, 4.69) is 0 Å². The SMILES string of the molecule is C[C@@H](N)CN1CCN(C)C1=O. The first-order valence-corrected chi connectivity index (χ1v) is 3.87. The number of hydrogen-bond donors (Lipinski definition) is 1. The molecule has 2 amide bonds. The summed E-state index contributed by atoms with van der Waals surface area (Å²) < 4.78 is 0. The first kappa shape index (κ1) is 8.33. The van der Waals surface area contributed by atoms with Crippen LogP contribution >= 0.6 is 0 Å². The van der Waals surface area contributed by atoms with Gasteiger partial charge in [-0.3, -0.25) is 0 Å². The van der Waals surface area contributed by atoms with Crippen molar-refractivity contribution < 1.29 is 4.79 Å². The molecule has 1 aliphatic rings. The molecule has 1 rings (SSSR count). The monoisotopic (exact) mass is 157 g/mol. The quantitative estimate of drug-likeness (QED) is 0.598. The summed E-state index contributed by atoms with van der Waals surface area (Å²) in [7, 11) is 1.81. The zero-order valence-corrected chi connectivity index (χ0v) is 7.08. The maximum atomic E-state index is 11.2. The molecule has 0 unspecified atom stereocenters. The van der Waals surface area contributed by atoms with Crippen LogP contribution in [0.3, 0.4) is 0 Å². The van der Waals surface area contributed by atoms with Crippen LogP contribution in [0.5, 0.6) is 0 Å². The van der Waals surface area contributed by atoms with Crippen LogP contribution in [-0.4, -0.2) is 48.6 Å². The average molecular weight is 157 g/mol. The molecule has 1 atom stereocenters. The lowest BCUT2D eigenvalue weighted by Gasteiger charge is -2.17. The van der Waals surface area contributed by atoms with Gasteiger partial charge < -0.3 is 15.5 Å². The summed E-state index contributed by atoms with van der Waals surface area (Å²) in [6, 6.07) is 0.174. The van der Waals surface area contributed by atoms with Gasteiger partial charge in [0.25, 0.3) is 0 Å². The fraction of sp³-hybridized carbons (Fsp3) is 0.857. The number of rotatable bonds is 2. The van der Waals surface area contributed by atoms with E-state index in [1.54, 1.807) is 9.80 Å². The molecule has 1 saturated heterocycles. The zero-order valence-electron chi connectivity index (χ0n) is 7.08. The number of nitrogens with two attached hydrogens (primary N) is 1. The van der Waals surface area contributed by atoms with Gasteiger partial charge in [-0.05, 0) is 6.92 Å². The van der Waals surface area contributed by atoms with Gasteiger partial charge in [-0.15, -0.1) is 0 Å². The van der Waals surface area contributed by atoms with Crippen molar-refractivity contribution in [1.29, 1.82) is 0 Å². The van der Waals surface area contributed by atoms with Gasteiger partial charge in [0.05, 0.1) is 0 Å². The van der Waals surface area contributed by atoms with Crippen molar-refractivity contribution in [2.75, 3.05) is 26.7 Å². The van der Waals surface area contributed by atoms with Crippen LogP contribution in [0.2, 0.25) is 0 Å². The van der Waals surface area contributed by atoms with E-state index >= 15 is 0 Å². The number of carbonyl (C=O) groups is 1. The summed E-state index contributed by atoms with van der Waals surface area (Å²) in [6.45, 7) is 4.22. The minimum Gasteiger partial charge on any atom is -0.326 e. The van der Waals surface area contributed by atoms with E-state index in [1.807, 2.05) is 14.0 Å². The molecular weight excluding hydrogens is 142 g/mol. The second kappa shape index (κ2) is 3.09. The standard InChI is InChI=1S/C7H15N3O/c1-6(8)5-10-4-3-9(2)7(10)11/h6H,3-5,8H2,1-2H3/t6-/m1/s1. The van der Waals surface area contributed by atoms with Gasteiger partial charge in [-0.2, -0.15) is 0 Å². The van der Waals surface area contributed by atoms with Crippen LogP contribution < -0.4 is 5.73 Å². The first-order valence-electron chi connectivity index (χ1n) is 3.87. The van der Waals surface area contributed by atoms with Crippen molar-refractivity contribution >= 4 is 6.03 Å². The van der Waals surface area contributed by atoms with Crippen molar-refractivity contribution in [3.63, 3.8) is 0 Å². The Hall–Kier alpha value is -0.770. The van der Waals surface area contributed by atoms with E-state index < -0.39 is 0 Å². The maximum Gasteiger partial charge on any atom is 0.319 e. The summed E-state index contributed by atoms with van der Waals surface area (Å²) in [5.41, 5.74) is 5.57. The van der Waals surface area contributed by atoms with Crippen LogP contribution in [0, 0.1) is 0 Å². The molecule has 0 aromatic rings. The summed E-state index contributed by atoms with van der Waals surface area (Å²) in [5, 5.41) is 0. The Labute approximate surface area is 66.9 Å². The zero-order chi connectivity index (χ0) is 8.43. The highest BCUT2D eigenvalue weighted by atomic mass is 16.2.